The van der Waals surface area contributed by atoms with Gasteiger partial charge >= 0.3 is 5.97 Å². The van der Waals surface area contributed by atoms with Crippen molar-refractivity contribution < 1.29 is 18.3 Å². The summed E-state index contributed by atoms with van der Waals surface area (Å²) in [5.41, 5.74) is 0.598. The fourth-order valence-corrected chi connectivity index (χ4v) is 4.70. The van der Waals surface area contributed by atoms with Gasteiger partial charge in [-0.1, -0.05) is 27.5 Å². The standard InChI is InChI=1S/C12H9BrClNO4S2/c1-6-5-20-11(12(16)17)10(6)15-21(18,19)9-3-2-7(13)4-8(9)14/h2-5,15H,1H3,(H,16,17). The molecule has 2 aromatic rings. The predicted molar refractivity (Wildman–Crippen MR) is 86.0 cm³/mol. The molecule has 0 amide bonds. The molecule has 21 heavy (non-hydrogen) atoms. The number of carboxylic acids is 1. The molecule has 0 saturated heterocycles. The molecule has 1 heterocycles. The highest BCUT2D eigenvalue weighted by Gasteiger charge is 2.23. The van der Waals surface area contributed by atoms with E-state index in [0.717, 1.165) is 11.3 Å². The second-order valence-electron chi connectivity index (χ2n) is 4.11. The largest absolute Gasteiger partial charge is 0.477 e. The molecular formula is C12H9BrClNO4S2. The summed E-state index contributed by atoms with van der Waals surface area (Å²) in [6.07, 6.45) is 0. The first-order valence-corrected chi connectivity index (χ1v) is 9.05. The van der Waals surface area contributed by atoms with Crippen LogP contribution in [0, 0.1) is 6.92 Å². The summed E-state index contributed by atoms with van der Waals surface area (Å²) in [6.45, 7) is 1.63. The lowest BCUT2D eigenvalue weighted by molar-refractivity contribution is 0.0703. The zero-order valence-corrected chi connectivity index (χ0v) is 14.5. The number of anilines is 1. The first kappa shape index (κ1) is 16.3. The van der Waals surface area contributed by atoms with Gasteiger partial charge in [-0.2, -0.15) is 0 Å². The Morgan fingerprint density at radius 1 is 1.43 bits per heavy atom. The number of sulfonamides is 1. The van der Waals surface area contributed by atoms with E-state index >= 15 is 0 Å². The monoisotopic (exact) mass is 409 g/mol. The Hall–Kier alpha value is -1.09. The molecule has 112 valence electrons. The summed E-state index contributed by atoms with van der Waals surface area (Å²) in [5.74, 6) is -1.19. The number of aryl methyl sites for hydroxylation is 1. The highest BCUT2D eigenvalue weighted by molar-refractivity contribution is 9.10. The van der Waals surface area contributed by atoms with Crippen molar-refractivity contribution in [3.05, 3.63) is 43.5 Å². The van der Waals surface area contributed by atoms with Crippen LogP contribution >= 0.6 is 38.9 Å². The number of carboxylic acid groups (broad SMARTS) is 1. The first-order valence-electron chi connectivity index (χ1n) is 5.51. The van der Waals surface area contributed by atoms with Crippen LogP contribution in [0.25, 0.3) is 0 Å². The summed E-state index contributed by atoms with van der Waals surface area (Å²) in [5, 5.41) is 10.7. The summed E-state index contributed by atoms with van der Waals surface area (Å²) in [7, 11) is -3.97. The fraction of sp³-hybridized carbons (Fsp3) is 0.0833. The molecule has 2 rings (SSSR count). The Morgan fingerprint density at radius 2 is 2.10 bits per heavy atom. The van der Waals surface area contributed by atoms with Gasteiger partial charge in [0.25, 0.3) is 10.0 Å². The van der Waals surface area contributed by atoms with E-state index in [1.807, 2.05) is 0 Å². The van der Waals surface area contributed by atoms with Crippen molar-refractivity contribution in [2.45, 2.75) is 11.8 Å². The van der Waals surface area contributed by atoms with Crippen molar-refractivity contribution in [3.8, 4) is 0 Å². The Labute approximate surface area is 138 Å². The molecule has 0 radical (unpaired) electrons. The van der Waals surface area contributed by atoms with Gasteiger partial charge in [-0.25, -0.2) is 13.2 Å². The molecule has 1 aromatic heterocycles. The Balaban J connectivity index is 2.47. The van der Waals surface area contributed by atoms with Crippen molar-refractivity contribution >= 4 is 60.5 Å². The van der Waals surface area contributed by atoms with Crippen LogP contribution in [0.2, 0.25) is 5.02 Å². The second-order valence-corrected chi connectivity index (χ2v) is 7.96. The summed E-state index contributed by atoms with van der Waals surface area (Å²) in [6, 6.07) is 4.34. The number of aromatic carboxylic acids is 1. The van der Waals surface area contributed by atoms with Gasteiger partial charge < -0.3 is 5.11 Å². The zero-order valence-electron chi connectivity index (χ0n) is 10.6. The first-order chi connectivity index (χ1) is 9.72. The van der Waals surface area contributed by atoms with Crippen molar-refractivity contribution in [1.29, 1.82) is 0 Å². The molecule has 5 nitrogen and oxygen atoms in total. The summed E-state index contributed by atoms with van der Waals surface area (Å²) >= 11 is 10.1. The van der Waals surface area contributed by atoms with Crippen LogP contribution in [0.3, 0.4) is 0 Å². The third-order valence-electron chi connectivity index (χ3n) is 2.59. The Morgan fingerprint density at radius 3 is 2.67 bits per heavy atom. The molecule has 2 N–H and O–H groups in total. The molecule has 0 spiro atoms. The lowest BCUT2D eigenvalue weighted by atomic mass is 10.3. The van der Waals surface area contributed by atoms with E-state index in [2.05, 4.69) is 20.7 Å². The minimum Gasteiger partial charge on any atom is -0.477 e. The molecule has 0 aliphatic rings. The van der Waals surface area contributed by atoms with E-state index in [1.165, 1.54) is 12.1 Å². The van der Waals surface area contributed by atoms with E-state index < -0.39 is 16.0 Å². The van der Waals surface area contributed by atoms with Gasteiger partial charge in [-0.05, 0) is 36.1 Å². The molecule has 0 aliphatic heterocycles. The van der Waals surface area contributed by atoms with Crippen molar-refractivity contribution in [3.63, 3.8) is 0 Å². The smallest absolute Gasteiger partial charge is 0.348 e. The van der Waals surface area contributed by atoms with Crippen LogP contribution in [0.15, 0.2) is 32.9 Å². The quantitative estimate of drug-likeness (QED) is 0.799. The molecule has 9 heteroatoms. The van der Waals surface area contributed by atoms with E-state index in [4.69, 9.17) is 16.7 Å². The SMILES string of the molecule is Cc1csc(C(=O)O)c1NS(=O)(=O)c1ccc(Br)cc1Cl. The molecule has 0 bridgehead atoms. The average Bonchev–Trinajstić information content (AvgIpc) is 2.70. The normalized spacial score (nSPS) is 11.4. The number of hydrogen-bond donors (Lipinski definition) is 2. The minimum absolute atomic E-state index is 0.0432. The predicted octanol–water partition coefficient (Wildman–Crippen LogP) is 3.97. The van der Waals surface area contributed by atoms with Gasteiger partial charge in [0.15, 0.2) is 0 Å². The lowest BCUT2D eigenvalue weighted by Crippen LogP contribution is -2.15. The van der Waals surface area contributed by atoms with E-state index in [1.54, 1.807) is 18.4 Å². The zero-order chi connectivity index (χ0) is 15.8. The summed E-state index contributed by atoms with van der Waals surface area (Å²) < 4.78 is 27.7. The Kier molecular flexibility index (Phi) is 4.62. The Bertz CT molecular complexity index is 817. The van der Waals surface area contributed by atoms with Crippen LogP contribution in [0.4, 0.5) is 5.69 Å². The van der Waals surface area contributed by atoms with E-state index in [9.17, 15) is 13.2 Å². The molecule has 0 aliphatic carbocycles. The number of rotatable bonds is 4. The lowest BCUT2D eigenvalue weighted by Gasteiger charge is -2.10. The van der Waals surface area contributed by atoms with Crippen LogP contribution in [0.1, 0.15) is 15.2 Å². The number of halogens is 2. The molecule has 0 saturated carbocycles. The maximum atomic E-state index is 12.4. The van der Waals surface area contributed by atoms with Crippen molar-refractivity contribution in [1.82, 2.24) is 0 Å². The molecule has 0 unspecified atom stereocenters. The minimum atomic E-state index is -3.97. The van der Waals surface area contributed by atoms with Crippen LogP contribution < -0.4 is 4.72 Å². The molecule has 1 aromatic carbocycles. The van der Waals surface area contributed by atoms with Gasteiger partial charge in [0.05, 0.1) is 10.7 Å². The van der Waals surface area contributed by atoms with Gasteiger partial charge in [-0.15, -0.1) is 11.3 Å². The van der Waals surface area contributed by atoms with Gasteiger partial charge in [-0.3, -0.25) is 4.72 Å². The number of benzene rings is 1. The van der Waals surface area contributed by atoms with Crippen LogP contribution in [-0.4, -0.2) is 19.5 Å². The fourth-order valence-electron chi connectivity index (χ4n) is 1.61. The number of hydrogen-bond acceptors (Lipinski definition) is 4. The number of carbonyl (C=O) groups is 1. The molecule has 0 atom stereocenters. The van der Waals surface area contributed by atoms with Crippen LogP contribution in [-0.2, 0) is 10.0 Å². The van der Waals surface area contributed by atoms with Gasteiger partial charge in [0.2, 0.25) is 0 Å². The maximum absolute atomic E-state index is 12.4. The number of thiophene rings is 1. The third-order valence-corrected chi connectivity index (χ3v) is 6.00. The topological polar surface area (TPSA) is 83.5 Å². The number of nitrogens with one attached hydrogen (secondary N) is 1. The maximum Gasteiger partial charge on any atom is 0.348 e. The van der Waals surface area contributed by atoms with Crippen molar-refractivity contribution in [2.24, 2.45) is 0 Å². The van der Waals surface area contributed by atoms with Crippen LogP contribution in [0.5, 0.6) is 0 Å². The third kappa shape index (κ3) is 3.39. The van der Waals surface area contributed by atoms with Gasteiger partial charge in [0, 0.05) is 4.47 Å². The van der Waals surface area contributed by atoms with E-state index in [-0.39, 0.29) is 20.5 Å². The van der Waals surface area contributed by atoms with E-state index in [0.29, 0.717) is 10.0 Å². The second kappa shape index (κ2) is 5.96. The van der Waals surface area contributed by atoms with Gasteiger partial charge in [0.1, 0.15) is 9.77 Å². The molecule has 0 fully saturated rings. The average molecular weight is 411 g/mol. The highest BCUT2D eigenvalue weighted by Crippen LogP contribution is 2.32. The highest BCUT2D eigenvalue weighted by atomic mass is 79.9. The van der Waals surface area contributed by atoms with Crippen molar-refractivity contribution in [2.75, 3.05) is 4.72 Å². The summed E-state index contributed by atoms with van der Waals surface area (Å²) in [4.78, 5) is 10.9. The molecular weight excluding hydrogens is 402 g/mol.